The Morgan fingerprint density at radius 2 is 2.00 bits per heavy atom. The molecule has 1 heterocycles. The second kappa shape index (κ2) is 7.35. The number of ether oxygens (including phenoxy) is 1. The minimum atomic E-state index is -0.384. The minimum absolute atomic E-state index is 0.331. The fourth-order valence-electron chi connectivity index (χ4n) is 1.64. The zero-order valence-corrected chi connectivity index (χ0v) is 12.3. The lowest BCUT2D eigenvalue weighted by Gasteiger charge is -2.10. The predicted molar refractivity (Wildman–Crippen MR) is 86.5 cm³/mol. The smallest absolute Gasteiger partial charge is 0.338 e. The second-order valence-corrected chi connectivity index (χ2v) is 4.50. The Morgan fingerprint density at radius 3 is 2.71 bits per heavy atom. The zero-order chi connectivity index (χ0) is 15.1. The van der Waals surface area contributed by atoms with Crippen molar-refractivity contribution in [1.82, 2.24) is 4.98 Å². The topological polar surface area (TPSA) is 63.2 Å². The van der Waals surface area contributed by atoms with Gasteiger partial charge in [0, 0.05) is 11.9 Å². The fraction of sp³-hybridized carbons (Fsp3) is 0.133. The summed E-state index contributed by atoms with van der Waals surface area (Å²) in [4.78, 5) is 15.8. The summed E-state index contributed by atoms with van der Waals surface area (Å²) in [7, 11) is 0. The number of nitrogens with one attached hydrogen (secondary N) is 2. The first-order valence-electron chi connectivity index (χ1n) is 6.45. The largest absolute Gasteiger partial charge is 0.462 e. The van der Waals surface area contributed by atoms with E-state index in [0.29, 0.717) is 23.1 Å². The number of benzene rings is 1. The van der Waals surface area contributed by atoms with Gasteiger partial charge in [-0.05, 0) is 43.4 Å². The van der Waals surface area contributed by atoms with E-state index in [2.05, 4.69) is 15.6 Å². The van der Waals surface area contributed by atoms with Crippen LogP contribution in [0.25, 0.3) is 0 Å². The van der Waals surface area contributed by atoms with Crippen molar-refractivity contribution in [2.45, 2.75) is 6.92 Å². The van der Waals surface area contributed by atoms with Crippen molar-refractivity contribution in [1.29, 1.82) is 0 Å². The number of esters is 1. The van der Waals surface area contributed by atoms with Gasteiger partial charge in [0.1, 0.15) is 5.82 Å². The molecule has 5 nitrogen and oxygen atoms in total. The molecule has 0 aliphatic rings. The van der Waals surface area contributed by atoms with E-state index >= 15 is 0 Å². The number of anilines is 2. The van der Waals surface area contributed by atoms with Gasteiger partial charge in [0.05, 0.1) is 12.2 Å². The van der Waals surface area contributed by atoms with Crippen LogP contribution in [-0.2, 0) is 4.74 Å². The lowest BCUT2D eigenvalue weighted by Crippen LogP contribution is -2.20. The van der Waals surface area contributed by atoms with Crippen molar-refractivity contribution in [3.05, 3.63) is 54.2 Å². The number of thiocarbonyl (C=S) groups is 1. The fourth-order valence-corrected chi connectivity index (χ4v) is 1.86. The van der Waals surface area contributed by atoms with E-state index in [9.17, 15) is 4.79 Å². The third-order valence-electron chi connectivity index (χ3n) is 2.54. The lowest BCUT2D eigenvalue weighted by atomic mass is 10.2. The van der Waals surface area contributed by atoms with Gasteiger partial charge in [0.25, 0.3) is 0 Å². The van der Waals surface area contributed by atoms with Crippen LogP contribution in [0.3, 0.4) is 0 Å². The Bertz CT molecular complexity index is 632. The number of para-hydroxylation sites is 1. The molecule has 0 radical (unpaired) electrons. The molecular formula is C15H15N3O2S. The summed E-state index contributed by atoms with van der Waals surface area (Å²) in [6.45, 7) is 2.09. The Labute approximate surface area is 128 Å². The maximum atomic E-state index is 11.6. The maximum absolute atomic E-state index is 11.6. The first-order chi connectivity index (χ1) is 10.2. The quantitative estimate of drug-likeness (QED) is 0.668. The highest BCUT2D eigenvalue weighted by atomic mass is 32.1. The molecule has 1 aromatic heterocycles. The van der Waals surface area contributed by atoms with E-state index in [1.165, 1.54) is 6.20 Å². The first kappa shape index (κ1) is 14.9. The van der Waals surface area contributed by atoms with Crippen molar-refractivity contribution in [3.8, 4) is 0 Å². The van der Waals surface area contributed by atoms with Crippen LogP contribution in [0.5, 0.6) is 0 Å². The SMILES string of the molecule is CCOC(=O)c1ccnc(NC(=S)Nc2ccccc2)c1. The molecule has 0 fully saturated rings. The predicted octanol–water partition coefficient (Wildman–Crippen LogP) is 3.07. The molecule has 2 rings (SSSR count). The summed E-state index contributed by atoms with van der Waals surface area (Å²) in [5.74, 6) is 0.0962. The molecule has 6 heteroatoms. The summed E-state index contributed by atoms with van der Waals surface area (Å²) >= 11 is 5.20. The van der Waals surface area contributed by atoms with Crippen LogP contribution >= 0.6 is 12.2 Å². The van der Waals surface area contributed by atoms with Gasteiger partial charge < -0.3 is 15.4 Å². The highest BCUT2D eigenvalue weighted by Crippen LogP contribution is 2.10. The highest BCUT2D eigenvalue weighted by Gasteiger charge is 2.08. The Hall–Kier alpha value is -2.47. The Morgan fingerprint density at radius 1 is 1.24 bits per heavy atom. The molecule has 0 amide bonds. The first-order valence-corrected chi connectivity index (χ1v) is 6.86. The summed E-state index contributed by atoms with van der Waals surface area (Å²) < 4.78 is 4.94. The number of pyridine rings is 1. The number of hydrogen-bond donors (Lipinski definition) is 2. The molecule has 0 aliphatic heterocycles. The third-order valence-corrected chi connectivity index (χ3v) is 2.75. The second-order valence-electron chi connectivity index (χ2n) is 4.10. The number of carbonyl (C=O) groups is 1. The molecule has 21 heavy (non-hydrogen) atoms. The molecule has 1 aromatic carbocycles. The molecule has 2 aromatic rings. The molecule has 0 atom stereocenters. The van der Waals surface area contributed by atoms with Crippen molar-refractivity contribution in [2.24, 2.45) is 0 Å². The van der Waals surface area contributed by atoms with E-state index in [-0.39, 0.29) is 5.97 Å². The van der Waals surface area contributed by atoms with Crippen LogP contribution in [-0.4, -0.2) is 22.7 Å². The van der Waals surface area contributed by atoms with E-state index in [4.69, 9.17) is 17.0 Å². The lowest BCUT2D eigenvalue weighted by molar-refractivity contribution is 0.0526. The molecule has 0 spiro atoms. The molecule has 0 bridgehead atoms. The van der Waals surface area contributed by atoms with Crippen molar-refractivity contribution < 1.29 is 9.53 Å². The van der Waals surface area contributed by atoms with Gasteiger partial charge in [0.2, 0.25) is 0 Å². The molecule has 0 saturated heterocycles. The van der Waals surface area contributed by atoms with E-state index in [0.717, 1.165) is 5.69 Å². The average molecular weight is 301 g/mol. The van der Waals surface area contributed by atoms with Gasteiger partial charge in [-0.25, -0.2) is 9.78 Å². The number of rotatable bonds is 4. The molecule has 0 saturated carbocycles. The van der Waals surface area contributed by atoms with Gasteiger partial charge in [-0.2, -0.15) is 0 Å². The highest BCUT2D eigenvalue weighted by molar-refractivity contribution is 7.80. The summed E-state index contributed by atoms with van der Waals surface area (Å²) in [6, 6.07) is 12.7. The van der Waals surface area contributed by atoms with Crippen molar-refractivity contribution in [2.75, 3.05) is 17.2 Å². The van der Waals surface area contributed by atoms with Gasteiger partial charge in [-0.3, -0.25) is 0 Å². The van der Waals surface area contributed by atoms with E-state index in [1.807, 2.05) is 30.3 Å². The molecule has 0 aliphatic carbocycles. The van der Waals surface area contributed by atoms with Crippen LogP contribution in [0.2, 0.25) is 0 Å². The standard InChI is InChI=1S/C15H15N3O2S/c1-2-20-14(19)11-8-9-16-13(10-11)18-15(21)17-12-6-4-3-5-7-12/h3-10H,2H2,1H3,(H2,16,17,18,21). The van der Waals surface area contributed by atoms with Gasteiger partial charge in [-0.1, -0.05) is 18.2 Å². The monoisotopic (exact) mass is 301 g/mol. The zero-order valence-electron chi connectivity index (χ0n) is 11.5. The van der Waals surface area contributed by atoms with Crippen LogP contribution in [0.15, 0.2) is 48.7 Å². The summed E-state index contributed by atoms with van der Waals surface area (Å²) in [6.07, 6.45) is 1.53. The number of nitrogens with zero attached hydrogens (tertiary/aromatic N) is 1. The Kier molecular flexibility index (Phi) is 5.22. The van der Waals surface area contributed by atoms with Crippen molar-refractivity contribution in [3.63, 3.8) is 0 Å². The molecule has 108 valence electrons. The van der Waals surface area contributed by atoms with E-state index in [1.54, 1.807) is 19.1 Å². The van der Waals surface area contributed by atoms with Gasteiger partial charge in [-0.15, -0.1) is 0 Å². The van der Waals surface area contributed by atoms with Gasteiger partial charge >= 0.3 is 5.97 Å². The summed E-state index contributed by atoms with van der Waals surface area (Å²) in [5.41, 5.74) is 1.30. The number of hydrogen-bond acceptors (Lipinski definition) is 4. The maximum Gasteiger partial charge on any atom is 0.338 e. The number of aromatic nitrogens is 1. The third kappa shape index (κ3) is 4.54. The van der Waals surface area contributed by atoms with Crippen LogP contribution < -0.4 is 10.6 Å². The minimum Gasteiger partial charge on any atom is -0.462 e. The number of carbonyl (C=O) groups excluding carboxylic acids is 1. The van der Waals surface area contributed by atoms with Crippen LogP contribution in [0, 0.1) is 0 Å². The molecule has 0 unspecified atom stereocenters. The summed E-state index contributed by atoms with van der Waals surface area (Å²) in [5, 5.41) is 6.36. The van der Waals surface area contributed by atoms with E-state index < -0.39 is 0 Å². The van der Waals surface area contributed by atoms with Gasteiger partial charge in [0.15, 0.2) is 5.11 Å². The average Bonchev–Trinajstić information content (AvgIpc) is 2.48. The molecule has 2 N–H and O–H groups in total. The molecular weight excluding hydrogens is 286 g/mol. The van der Waals surface area contributed by atoms with Crippen molar-refractivity contribution >= 4 is 34.8 Å². The van der Waals surface area contributed by atoms with Crippen LogP contribution in [0.1, 0.15) is 17.3 Å². The van der Waals surface area contributed by atoms with Crippen LogP contribution in [0.4, 0.5) is 11.5 Å². The Balaban J connectivity index is 2.01. The normalized spacial score (nSPS) is 9.76.